The molecule has 1 rings (SSSR count). The number of ketones is 1. The number of hydrogen-bond acceptors (Lipinski definition) is 3. The summed E-state index contributed by atoms with van der Waals surface area (Å²) in [7, 11) is 1.35. The lowest BCUT2D eigenvalue weighted by atomic mass is 9.95. The molecule has 0 amide bonds. The molecule has 0 saturated heterocycles. The first-order valence-corrected chi connectivity index (χ1v) is 6.46. The molecule has 17 heavy (non-hydrogen) atoms. The first kappa shape index (κ1) is 13.9. The smallest absolute Gasteiger partial charge is 0.310 e. The molecule has 1 aromatic carbocycles. The number of carbonyl (C=O) groups is 2. The van der Waals surface area contributed by atoms with Crippen LogP contribution in [0.1, 0.15) is 27.9 Å². The van der Waals surface area contributed by atoms with E-state index in [9.17, 15) is 9.59 Å². The summed E-state index contributed by atoms with van der Waals surface area (Å²) < 4.78 is 4.64. The zero-order chi connectivity index (χ0) is 12.8. The molecule has 0 bridgehead atoms. The molecule has 4 heteroatoms. The second kappa shape index (κ2) is 6.55. The first-order valence-electron chi connectivity index (χ1n) is 5.34. The minimum absolute atomic E-state index is 0.0458. The lowest BCUT2D eigenvalue weighted by Crippen LogP contribution is -2.12. The van der Waals surface area contributed by atoms with Gasteiger partial charge in [0.2, 0.25) is 0 Å². The quantitative estimate of drug-likeness (QED) is 0.477. The monoisotopic (exact) mass is 298 g/mol. The van der Waals surface area contributed by atoms with Gasteiger partial charge in [0, 0.05) is 17.3 Å². The van der Waals surface area contributed by atoms with Crippen molar-refractivity contribution in [2.75, 3.05) is 12.4 Å². The summed E-state index contributed by atoms with van der Waals surface area (Å²) in [6.45, 7) is 1.89. The minimum atomic E-state index is -0.327. The van der Waals surface area contributed by atoms with E-state index in [0.29, 0.717) is 17.3 Å². The summed E-state index contributed by atoms with van der Waals surface area (Å²) in [6, 6.07) is 5.48. The number of halogens is 1. The molecule has 0 atom stereocenters. The second-order valence-corrected chi connectivity index (χ2v) is 4.51. The minimum Gasteiger partial charge on any atom is -0.469 e. The summed E-state index contributed by atoms with van der Waals surface area (Å²) >= 11 is 3.24. The van der Waals surface area contributed by atoms with Crippen LogP contribution in [0.5, 0.6) is 0 Å². The maximum Gasteiger partial charge on any atom is 0.310 e. The van der Waals surface area contributed by atoms with Gasteiger partial charge in [-0.15, -0.1) is 0 Å². The number of esters is 1. The van der Waals surface area contributed by atoms with Crippen molar-refractivity contribution in [3.05, 3.63) is 34.9 Å². The molecular weight excluding hydrogens is 284 g/mol. The highest BCUT2D eigenvalue weighted by Gasteiger charge is 2.15. The fourth-order valence-electron chi connectivity index (χ4n) is 1.64. The summed E-state index contributed by atoms with van der Waals surface area (Å²) in [5.41, 5.74) is 2.33. The molecule has 1 aromatic rings. The summed E-state index contributed by atoms with van der Waals surface area (Å²) in [4.78, 5) is 23.2. The maximum atomic E-state index is 11.9. The Bertz CT molecular complexity index is 427. The largest absolute Gasteiger partial charge is 0.469 e. The van der Waals surface area contributed by atoms with Gasteiger partial charge in [-0.3, -0.25) is 9.59 Å². The molecule has 0 aliphatic carbocycles. The Kier molecular flexibility index (Phi) is 5.35. The van der Waals surface area contributed by atoms with Crippen LogP contribution in [0.4, 0.5) is 0 Å². The van der Waals surface area contributed by atoms with E-state index in [1.807, 2.05) is 19.1 Å². The van der Waals surface area contributed by atoms with Gasteiger partial charge in [-0.1, -0.05) is 34.1 Å². The Labute approximate surface area is 109 Å². The average molecular weight is 299 g/mol. The molecular formula is C13H15BrO3. The van der Waals surface area contributed by atoms with Crippen molar-refractivity contribution in [1.29, 1.82) is 0 Å². The van der Waals surface area contributed by atoms with Crippen LogP contribution in [-0.4, -0.2) is 24.2 Å². The predicted octanol–water partition coefficient (Wildman–Crippen LogP) is 2.68. The third-order valence-corrected chi connectivity index (χ3v) is 2.98. The molecule has 0 aromatic heterocycles. The van der Waals surface area contributed by atoms with E-state index in [1.165, 1.54) is 7.11 Å². The fourth-order valence-corrected chi connectivity index (χ4v) is 2.00. The number of benzene rings is 1. The van der Waals surface area contributed by atoms with Gasteiger partial charge < -0.3 is 4.74 Å². The highest BCUT2D eigenvalue weighted by Crippen LogP contribution is 2.17. The van der Waals surface area contributed by atoms with E-state index in [0.717, 1.165) is 11.1 Å². The van der Waals surface area contributed by atoms with E-state index in [-0.39, 0.29) is 18.2 Å². The number of ether oxygens (including phenoxy) is 1. The van der Waals surface area contributed by atoms with Crippen molar-refractivity contribution >= 4 is 27.7 Å². The fraction of sp³-hybridized carbons (Fsp3) is 0.385. The lowest BCUT2D eigenvalue weighted by molar-refractivity contribution is -0.139. The number of aryl methyl sites for hydroxylation is 1. The predicted molar refractivity (Wildman–Crippen MR) is 69.6 cm³/mol. The van der Waals surface area contributed by atoms with Crippen LogP contribution in [0.3, 0.4) is 0 Å². The van der Waals surface area contributed by atoms with Crippen LogP contribution in [0.2, 0.25) is 0 Å². The van der Waals surface area contributed by atoms with Crippen molar-refractivity contribution < 1.29 is 14.3 Å². The van der Waals surface area contributed by atoms with Crippen LogP contribution in [0.15, 0.2) is 18.2 Å². The summed E-state index contributed by atoms with van der Waals surface area (Å²) in [5, 5.41) is 0.622. The Hall–Kier alpha value is -1.16. The molecule has 0 aliphatic heterocycles. The van der Waals surface area contributed by atoms with Gasteiger partial charge in [-0.25, -0.2) is 0 Å². The normalized spacial score (nSPS) is 10.1. The van der Waals surface area contributed by atoms with Crippen LogP contribution >= 0.6 is 15.9 Å². The van der Waals surface area contributed by atoms with Gasteiger partial charge in [-0.2, -0.15) is 0 Å². The van der Waals surface area contributed by atoms with Crippen LogP contribution in [-0.2, 0) is 16.0 Å². The number of Topliss-reactive ketones (excluding diaryl/α,β-unsaturated/α-hetero) is 1. The molecule has 0 radical (unpaired) electrons. The molecule has 0 fully saturated rings. The Morgan fingerprint density at radius 3 is 2.65 bits per heavy atom. The van der Waals surface area contributed by atoms with Crippen molar-refractivity contribution in [3.63, 3.8) is 0 Å². The van der Waals surface area contributed by atoms with E-state index >= 15 is 0 Å². The molecule has 3 nitrogen and oxygen atoms in total. The standard InChI is InChI=1S/C13H15BrO3/c1-9-4-3-5-10(12(15)6-7-14)11(9)8-13(16)17-2/h3-5H,6-8H2,1-2H3. The Morgan fingerprint density at radius 1 is 1.35 bits per heavy atom. The number of carbonyl (C=O) groups excluding carboxylic acids is 2. The van der Waals surface area contributed by atoms with Crippen LogP contribution in [0, 0.1) is 6.92 Å². The molecule has 0 aliphatic rings. The Balaban J connectivity index is 3.08. The number of methoxy groups -OCH3 is 1. The van der Waals surface area contributed by atoms with Gasteiger partial charge >= 0.3 is 5.97 Å². The molecule has 0 spiro atoms. The topological polar surface area (TPSA) is 43.4 Å². The first-order chi connectivity index (χ1) is 8.10. The number of hydrogen-bond donors (Lipinski definition) is 0. The van der Waals surface area contributed by atoms with Gasteiger partial charge in [0.1, 0.15) is 0 Å². The zero-order valence-electron chi connectivity index (χ0n) is 9.96. The third kappa shape index (κ3) is 3.66. The number of rotatable bonds is 5. The SMILES string of the molecule is COC(=O)Cc1c(C)cccc1C(=O)CCBr. The summed E-state index contributed by atoms with van der Waals surface area (Å²) in [6.07, 6.45) is 0.574. The highest BCUT2D eigenvalue weighted by atomic mass is 79.9. The van der Waals surface area contributed by atoms with Gasteiger partial charge in [0.25, 0.3) is 0 Å². The summed E-state index contributed by atoms with van der Waals surface area (Å²) in [5.74, 6) is -0.281. The number of alkyl halides is 1. The van der Waals surface area contributed by atoms with Crippen LogP contribution in [0.25, 0.3) is 0 Å². The average Bonchev–Trinajstić information content (AvgIpc) is 2.31. The van der Waals surface area contributed by atoms with E-state index in [1.54, 1.807) is 6.07 Å². The van der Waals surface area contributed by atoms with E-state index in [4.69, 9.17) is 0 Å². The molecule has 0 unspecified atom stereocenters. The zero-order valence-corrected chi connectivity index (χ0v) is 11.5. The molecule has 0 saturated carbocycles. The molecule has 0 heterocycles. The van der Waals surface area contributed by atoms with Crippen LogP contribution < -0.4 is 0 Å². The van der Waals surface area contributed by atoms with E-state index in [2.05, 4.69) is 20.7 Å². The van der Waals surface area contributed by atoms with Crippen molar-refractivity contribution in [2.24, 2.45) is 0 Å². The van der Waals surface area contributed by atoms with Gasteiger partial charge in [-0.05, 0) is 18.1 Å². The van der Waals surface area contributed by atoms with Crippen molar-refractivity contribution in [3.8, 4) is 0 Å². The van der Waals surface area contributed by atoms with Gasteiger partial charge in [0.05, 0.1) is 13.5 Å². The highest BCUT2D eigenvalue weighted by molar-refractivity contribution is 9.09. The molecule has 92 valence electrons. The Morgan fingerprint density at radius 2 is 2.06 bits per heavy atom. The second-order valence-electron chi connectivity index (χ2n) is 3.72. The lowest BCUT2D eigenvalue weighted by Gasteiger charge is -2.10. The van der Waals surface area contributed by atoms with Crippen molar-refractivity contribution in [1.82, 2.24) is 0 Å². The third-order valence-electron chi connectivity index (χ3n) is 2.58. The molecule has 0 N–H and O–H groups in total. The van der Waals surface area contributed by atoms with Crippen molar-refractivity contribution in [2.45, 2.75) is 19.8 Å². The maximum absolute atomic E-state index is 11.9. The van der Waals surface area contributed by atoms with E-state index < -0.39 is 0 Å². The van der Waals surface area contributed by atoms with Gasteiger partial charge in [0.15, 0.2) is 5.78 Å².